The molecule has 0 atom stereocenters. The minimum absolute atomic E-state index is 0.601. The molecule has 0 saturated heterocycles. The van der Waals surface area contributed by atoms with E-state index in [4.69, 9.17) is 4.74 Å². The van der Waals surface area contributed by atoms with Gasteiger partial charge in [0.15, 0.2) is 0 Å². The second-order valence-electron chi connectivity index (χ2n) is 6.16. The van der Waals surface area contributed by atoms with E-state index < -0.39 is 0 Å². The number of nitrogens with one attached hydrogen (secondary N) is 1. The van der Waals surface area contributed by atoms with E-state index in [1.807, 2.05) is 36.4 Å². The van der Waals surface area contributed by atoms with Gasteiger partial charge in [0.1, 0.15) is 12.1 Å². The summed E-state index contributed by atoms with van der Waals surface area (Å²) in [7, 11) is 0. The van der Waals surface area contributed by atoms with Gasteiger partial charge in [-0.15, -0.1) is 0 Å². The summed E-state index contributed by atoms with van der Waals surface area (Å²) >= 11 is 0. The van der Waals surface area contributed by atoms with Crippen LogP contribution in [-0.2, 0) is 4.74 Å². The van der Waals surface area contributed by atoms with Crippen LogP contribution in [0.4, 0.5) is 5.82 Å². The molecule has 1 fully saturated rings. The molecule has 0 radical (unpaired) electrons. The van der Waals surface area contributed by atoms with Crippen molar-refractivity contribution in [1.29, 1.82) is 0 Å². The zero-order valence-electron chi connectivity index (χ0n) is 13.6. The number of anilines is 1. The molecule has 2 heterocycles. The lowest BCUT2D eigenvalue weighted by Gasteiger charge is -2.10. The van der Waals surface area contributed by atoms with Gasteiger partial charge in [-0.1, -0.05) is 30.3 Å². The Balaban J connectivity index is 1.43. The van der Waals surface area contributed by atoms with E-state index in [0.717, 1.165) is 49.2 Å². The molecule has 1 N–H and O–H groups in total. The van der Waals surface area contributed by atoms with E-state index in [0.29, 0.717) is 5.78 Å². The van der Waals surface area contributed by atoms with Crippen molar-refractivity contribution >= 4 is 11.6 Å². The van der Waals surface area contributed by atoms with Crippen molar-refractivity contribution in [2.45, 2.75) is 19.3 Å². The summed E-state index contributed by atoms with van der Waals surface area (Å²) in [6.07, 6.45) is 5.16. The van der Waals surface area contributed by atoms with Crippen molar-refractivity contribution < 1.29 is 4.74 Å². The molecule has 4 rings (SSSR count). The molecule has 6 heteroatoms. The Hall–Kier alpha value is -2.47. The van der Waals surface area contributed by atoms with Gasteiger partial charge >= 0.3 is 0 Å². The van der Waals surface area contributed by atoms with Crippen LogP contribution in [0.2, 0.25) is 0 Å². The highest BCUT2D eigenvalue weighted by Gasteiger charge is 2.20. The van der Waals surface area contributed by atoms with Gasteiger partial charge in [0, 0.05) is 31.4 Å². The molecule has 3 aromatic rings. The number of nitrogens with zero attached hydrogens (tertiary/aromatic N) is 4. The largest absolute Gasteiger partial charge is 0.381 e. The molecule has 0 spiro atoms. The maximum Gasteiger partial charge on any atom is 0.254 e. The van der Waals surface area contributed by atoms with E-state index >= 15 is 0 Å². The van der Waals surface area contributed by atoms with Crippen LogP contribution in [-0.4, -0.2) is 39.3 Å². The van der Waals surface area contributed by atoms with Crippen molar-refractivity contribution in [2.75, 3.05) is 25.1 Å². The molecule has 0 unspecified atom stereocenters. The minimum atomic E-state index is 0.601. The van der Waals surface area contributed by atoms with Gasteiger partial charge in [-0.3, -0.25) is 0 Å². The van der Waals surface area contributed by atoms with Crippen LogP contribution in [0.3, 0.4) is 0 Å². The van der Waals surface area contributed by atoms with Crippen molar-refractivity contribution in [3.05, 3.63) is 42.7 Å². The molecule has 6 nitrogen and oxygen atoms in total. The molecular formula is C18H21N5O. The van der Waals surface area contributed by atoms with Gasteiger partial charge in [-0.25, -0.2) is 4.98 Å². The average molecular weight is 323 g/mol. The molecule has 1 aromatic carbocycles. The van der Waals surface area contributed by atoms with Crippen LogP contribution in [0.1, 0.15) is 19.3 Å². The van der Waals surface area contributed by atoms with Crippen LogP contribution in [0.25, 0.3) is 17.0 Å². The van der Waals surface area contributed by atoms with Crippen molar-refractivity contribution in [1.82, 2.24) is 19.6 Å². The predicted octanol–water partition coefficient (Wildman–Crippen LogP) is 3.02. The number of aromatic nitrogens is 4. The normalized spacial score (nSPS) is 14.2. The molecule has 124 valence electrons. The number of fused-ring (bicyclic) bond motifs is 1. The third-order valence-electron chi connectivity index (χ3n) is 4.14. The number of hydrogen-bond acceptors (Lipinski definition) is 5. The summed E-state index contributed by atoms with van der Waals surface area (Å²) in [5.74, 6) is 2.32. The maximum absolute atomic E-state index is 5.67. The molecule has 1 aliphatic rings. The highest BCUT2D eigenvalue weighted by Crippen LogP contribution is 2.28. The third kappa shape index (κ3) is 3.54. The topological polar surface area (TPSA) is 64.3 Å². The zero-order valence-corrected chi connectivity index (χ0v) is 13.6. The van der Waals surface area contributed by atoms with E-state index in [-0.39, 0.29) is 0 Å². The quantitative estimate of drug-likeness (QED) is 0.646. The minimum Gasteiger partial charge on any atom is -0.381 e. The van der Waals surface area contributed by atoms with Gasteiger partial charge < -0.3 is 10.1 Å². The molecule has 1 aliphatic carbocycles. The Bertz CT molecular complexity index is 798. The van der Waals surface area contributed by atoms with Crippen LogP contribution in [0.15, 0.2) is 42.7 Å². The molecule has 24 heavy (non-hydrogen) atoms. The van der Waals surface area contributed by atoms with Crippen LogP contribution >= 0.6 is 0 Å². The highest BCUT2D eigenvalue weighted by molar-refractivity contribution is 5.65. The number of benzene rings is 1. The first kappa shape index (κ1) is 15.1. The number of hydrogen-bond donors (Lipinski definition) is 1. The van der Waals surface area contributed by atoms with Crippen molar-refractivity contribution in [2.24, 2.45) is 5.92 Å². The second kappa shape index (κ2) is 6.97. The Kier molecular flexibility index (Phi) is 4.38. The molecule has 1 saturated carbocycles. The maximum atomic E-state index is 5.67. The van der Waals surface area contributed by atoms with Gasteiger partial charge in [-0.2, -0.15) is 14.6 Å². The average Bonchev–Trinajstić information content (AvgIpc) is 3.32. The lowest BCUT2D eigenvalue weighted by Crippen LogP contribution is -2.10. The Morgan fingerprint density at radius 2 is 2.08 bits per heavy atom. The molecule has 0 amide bonds. The summed E-state index contributed by atoms with van der Waals surface area (Å²) in [5, 5.41) is 7.68. The first-order valence-corrected chi connectivity index (χ1v) is 8.48. The smallest absolute Gasteiger partial charge is 0.254 e. The summed E-state index contributed by atoms with van der Waals surface area (Å²) in [4.78, 5) is 8.80. The monoisotopic (exact) mass is 323 g/mol. The number of ether oxygens (including phenoxy) is 1. The third-order valence-corrected chi connectivity index (χ3v) is 4.14. The lowest BCUT2D eigenvalue weighted by atomic mass is 10.1. The second-order valence-corrected chi connectivity index (χ2v) is 6.16. The van der Waals surface area contributed by atoms with Crippen molar-refractivity contribution in [3.63, 3.8) is 0 Å². The molecular weight excluding hydrogens is 302 g/mol. The first-order chi connectivity index (χ1) is 11.9. The van der Waals surface area contributed by atoms with Crippen LogP contribution < -0.4 is 5.32 Å². The zero-order chi connectivity index (χ0) is 16.2. The van der Waals surface area contributed by atoms with E-state index in [1.54, 1.807) is 4.52 Å². The van der Waals surface area contributed by atoms with Gasteiger partial charge in [0.05, 0.1) is 5.69 Å². The van der Waals surface area contributed by atoms with E-state index in [2.05, 4.69) is 20.4 Å². The van der Waals surface area contributed by atoms with Crippen molar-refractivity contribution in [3.8, 4) is 11.3 Å². The first-order valence-electron chi connectivity index (χ1n) is 8.48. The van der Waals surface area contributed by atoms with Gasteiger partial charge in [0.2, 0.25) is 0 Å². The Labute approximate surface area is 140 Å². The molecule has 0 aliphatic heterocycles. The van der Waals surface area contributed by atoms with E-state index in [9.17, 15) is 0 Å². The fourth-order valence-corrected chi connectivity index (χ4v) is 2.62. The number of rotatable bonds is 8. The summed E-state index contributed by atoms with van der Waals surface area (Å²) in [5.41, 5.74) is 1.96. The van der Waals surface area contributed by atoms with Crippen LogP contribution in [0, 0.1) is 5.92 Å². The van der Waals surface area contributed by atoms with Gasteiger partial charge in [-0.05, 0) is 25.2 Å². The summed E-state index contributed by atoms with van der Waals surface area (Å²) in [6, 6.07) is 12.1. The highest BCUT2D eigenvalue weighted by atomic mass is 16.5. The molecule has 2 aromatic heterocycles. The SMILES string of the molecule is c1ccc(-c2cc(NCCCOCC3CC3)n3ncnc3n2)cc1. The van der Waals surface area contributed by atoms with Gasteiger partial charge in [0.25, 0.3) is 5.78 Å². The summed E-state index contributed by atoms with van der Waals surface area (Å²) in [6.45, 7) is 2.54. The van der Waals surface area contributed by atoms with Crippen LogP contribution in [0.5, 0.6) is 0 Å². The summed E-state index contributed by atoms with van der Waals surface area (Å²) < 4.78 is 7.41. The van der Waals surface area contributed by atoms with E-state index in [1.165, 1.54) is 19.2 Å². The standard InChI is InChI=1S/C18H21N5O/c1-2-5-15(6-3-1)16-11-17(23-18(22-16)20-13-21-23)19-9-4-10-24-12-14-7-8-14/h1-3,5-6,11,13-14,19H,4,7-10,12H2. The molecule has 0 bridgehead atoms. The fraction of sp³-hybridized carbons (Fsp3) is 0.389. The Morgan fingerprint density at radius 3 is 2.92 bits per heavy atom. The predicted molar refractivity (Wildman–Crippen MR) is 92.9 cm³/mol. The lowest BCUT2D eigenvalue weighted by molar-refractivity contribution is 0.124. The Morgan fingerprint density at radius 1 is 1.21 bits per heavy atom. The fourth-order valence-electron chi connectivity index (χ4n) is 2.62.